The predicted octanol–water partition coefficient (Wildman–Crippen LogP) is -2.03. The van der Waals surface area contributed by atoms with Crippen LogP contribution in [0.5, 0.6) is 17.2 Å². The Morgan fingerprint density at radius 2 is 1.45 bits per heavy atom. The van der Waals surface area contributed by atoms with Crippen LogP contribution in [0.2, 0.25) is 0 Å². The van der Waals surface area contributed by atoms with Gasteiger partial charge in [0.25, 0.3) is 0 Å². The Labute approximate surface area is 237 Å². The van der Waals surface area contributed by atoms with Gasteiger partial charge in [0, 0.05) is 12.1 Å². The lowest BCUT2D eigenvalue weighted by Gasteiger charge is -2.42. The molecular formula is C27H32O15. The first-order chi connectivity index (χ1) is 20.1. The molecule has 2 fully saturated rings. The zero-order chi connectivity index (χ0) is 30.3. The molecule has 0 aliphatic carbocycles. The van der Waals surface area contributed by atoms with E-state index in [0.29, 0.717) is 5.75 Å². The van der Waals surface area contributed by atoms with Gasteiger partial charge in [0.05, 0.1) is 32.8 Å². The number of aliphatic hydroxyl groups is 7. The van der Waals surface area contributed by atoms with Crippen molar-refractivity contribution in [3.05, 3.63) is 40.6 Å². The first-order valence-corrected chi connectivity index (χ1v) is 13.0. The van der Waals surface area contributed by atoms with Crippen LogP contribution in [-0.4, -0.2) is 125 Å². The van der Waals surface area contributed by atoms with Crippen molar-refractivity contribution in [2.45, 2.75) is 61.4 Å². The molecule has 2 aromatic carbocycles. The smallest absolute Gasteiger partial charge is 0.229 e. The van der Waals surface area contributed by atoms with Crippen LogP contribution in [-0.2, 0) is 14.2 Å². The van der Waals surface area contributed by atoms with Gasteiger partial charge in [-0.25, -0.2) is 0 Å². The van der Waals surface area contributed by atoms with Gasteiger partial charge in [-0.15, -0.1) is 0 Å². The summed E-state index contributed by atoms with van der Waals surface area (Å²) in [5.74, 6) is 0.425. The monoisotopic (exact) mass is 596 g/mol. The fourth-order valence-electron chi connectivity index (χ4n) is 4.96. The highest BCUT2D eigenvalue weighted by molar-refractivity contribution is 5.95. The van der Waals surface area contributed by atoms with Crippen LogP contribution in [0.3, 0.4) is 0 Å². The van der Waals surface area contributed by atoms with Crippen molar-refractivity contribution in [1.29, 1.82) is 0 Å². The molecule has 2 aliphatic rings. The summed E-state index contributed by atoms with van der Waals surface area (Å²) in [5, 5.41) is 71.5. The summed E-state index contributed by atoms with van der Waals surface area (Å²) in [7, 11) is 2.81. The molecule has 0 radical (unpaired) electrons. The molecule has 0 amide bonds. The Bertz CT molecular complexity index is 1460. The van der Waals surface area contributed by atoms with Crippen LogP contribution < -0.4 is 19.6 Å². The summed E-state index contributed by atoms with van der Waals surface area (Å²) in [4.78, 5) is 13.5. The summed E-state index contributed by atoms with van der Waals surface area (Å²) >= 11 is 0. The molecule has 15 heteroatoms. The van der Waals surface area contributed by atoms with Crippen molar-refractivity contribution in [2.75, 3.05) is 27.4 Å². The van der Waals surface area contributed by atoms with Crippen molar-refractivity contribution in [2.24, 2.45) is 0 Å². The molecule has 3 aromatic rings. The maximum Gasteiger partial charge on any atom is 0.229 e. The molecule has 10 atom stereocenters. The first kappa shape index (κ1) is 30.4. The lowest BCUT2D eigenvalue weighted by atomic mass is 9.98. The average Bonchev–Trinajstić information content (AvgIpc) is 2.99. The van der Waals surface area contributed by atoms with Gasteiger partial charge >= 0.3 is 0 Å². The van der Waals surface area contributed by atoms with Crippen LogP contribution in [0.1, 0.15) is 0 Å². The summed E-state index contributed by atoms with van der Waals surface area (Å²) in [6.07, 6.45) is -16.1. The summed E-state index contributed by atoms with van der Waals surface area (Å²) < 4.78 is 38.9. The standard InChI is InChI=1S/C27H32O15/c1-36-10-6-13-17(18(29)11-4-3-5-12(37-2)25(11)39-13)14(7-10)40-27-24(35)22(33)20(31)16(42-27)9-38-26-23(34)21(32)19(30)15(8-28)41-26/h3-7,15-16,19-24,26-28,30-35H,8-9H2,1-2H3/t15-,16-,19-,20-,21+,22+,23-,24-,26-,27-/m1/s1. The number of hydrogen-bond acceptors (Lipinski definition) is 15. The van der Waals surface area contributed by atoms with Crippen LogP contribution >= 0.6 is 0 Å². The fourth-order valence-corrected chi connectivity index (χ4v) is 4.96. The van der Waals surface area contributed by atoms with Crippen molar-refractivity contribution in [1.82, 2.24) is 0 Å². The van der Waals surface area contributed by atoms with E-state index in [2.05, 4.69) is 0 Å². The molecule has 2 saturated heterocycles. The quantitative estimate of drug-likeness (QED) is 0.139. The van der Waals surface area contributed by atoms with Gasteiger partial charge in [-0.1, -0.05) is 6.07 Å². The number of hydrogen-bond donors (Lipinski definition) is 7. The topological polar surface area (TPSA) is 227 Å². The highest BCUT2D eigenvalue weighted by Crippen LogP contribution is 2.36. The Morgan fingerprint density at radius 3 is 2.12 bits per heavy atom. The largest absolute Gasteiger partial charge is 0.496 e. The van der Waals surface area contributed by atoms with E-state index in [0.717, 1.165) is 0 Å². The van der Waals surface area contributed by atoms with E-state index in [1.165, 1.54) is 32.4 Å². The second-order valence-electron chi connectivity index (χ2n) is 9.93. The van der Waals surface area contributed by atoms with Gasteiger partial charge in [0.2, 0.25) is 11.7 Å². The molecule has 5 rings (SSSR count). The van der Waals surface area contributed by atoms with E-state index < -0.39 is 80.1 Å². The number of aliphatic hydroxyl groups excluding tert-OH is 7. The normalized spacial score (nSPS) is 33.5. The van der Waals surface area contributed by atoms with Crippen LogP contribution in [0, 0.1) is 0 Å². The molecule has 3 heterocycles. The molecule has 42 heavy (non-hydrogen) atoms. The molecular weight excluding hydrogens is 564 g/mol. The van der Waals surface area contributed by atoms with Gasteiger partial charge in [-0.3, -0.25) is 4.79 Å². The van der Waals surface area contributed by atoms with E-state index in [-0.39, 0.29) is 33.4 Å². The molecule has 0 saturated carbocycles. The number of benzene rings is 2. The molecule has 1 aromatic heterocycles. The maximum absolute atomic E-state index is 13.5. The Morgan fingerprint density at radius 1 is 0.786 bits per heavy atom. The summed E-state index contributed by atoms with van der Waals surface area (Å²) in [5.41, 5.74) is -0.231. The second kappa shape index (κ2) is 12.3. The molecule has 7 N–H and O–H groups in total. The molecule has 230 valence electrons. The summed E-state index contributed by atoms with van der Waals surface area (Å²) in [6.45, 7) is -1.24. The van der Waals surface area contributed by atoms with E-state index in [1.807, 2.05) is 0 Å². The predicted molar refractivity (Wildman–Crippen MR) is 140 cm³/mol. The Hall–Kier alpha value is -3.09. The Balaban J connectivity index is 1.43. The van der Waals surface area contributed by atoms with Crippen molar-refractivity contribution in [3.63, 3.8) is 0 Å². The van der Waals surface area contributed by atoms with E-state index in [1.54, 1.807) is 12.1 Å². The zero-order valence-electron chi connectivity index (χ0n) is 22.5. The minimum Gasteiger partial charge on any atom is -0.496 e. The number of ether oxygens (including phenoxy) is 6. The fraction of sp³-hybridized carbons (Fsp3) is 0.519. The second-order valence-corrected chi connectivity index (χ2v) is 9.93. The highest BCUT2D eigenvalue weighted by atomic mass is 16.7. The van der Waals surface area contributed by atoms with Crippen molar-refractivity contribution in [3.8, 4) is 17.2 Å². The Kier molecular flexibility index (Phi) is 8.86. The van der Waals surface area contributed by atoms with Crippen LogP contribution in [0.15, 0.2) is 39.5 Å². The van der Waals surface area contributed by atoms with Crippen LogP contribution in [0.4, 0.5) is 0 Å². The van der Waals surface area contributed by atoms with E-state index >= 15 is 0 Å². The highest BCUT2D eigenvalue weighted by Gasteiger charge is 2.48. The minimum absolute atomic E-state index is 0.0258. The van der Waals surface area contributed by atoms with E-state index in [9.17, 15) is 40.5 Å². The van der Waals surface area contributed by atoms with E-state index in [4.69, 9.17) is 32.8 Å². The number of fused-ring (bicyclic) bond motifs is 2. The van der Waals surface area contributed by atoms with Gasteiger partial charge in [-0.05, 0) is 12.1 Å². The maximum atomic E-state index is 13.5. The number of methoxy groups -OCH3 is 2. The summed E-state index contributed by atoms with van der Waals surface area (Å²) in [6, 6.07) is 7.59. The van der Waals surface area contributed by atoms with Crippen molar-refractivity contribution < 1.29 is 68.6 Å². The van der Waals surface area contributed by atoms with Gasteiger partial charge in [0.15, 0.2) is 17.6 Å². The minimum atomic E-state index is -1.80. The third-order valence-corrected chi connectivity index (χ3v) is 7.34. The van der Waals surface area contributed by atoms with Crippen molar-refractivity contribution >= 4 is 21.9 Å². The first-order valence-electron chi connectivity index (χ1n) is 13.0. The molecule has 15 nitrogen and oxygen atoms in total. The molecule has 0 unspecified atom stereocenters. The lowest BCUT2D eigenvalue weighted by Crippen LogP contribution is -2.62. The number of rotatable bonds is 8. The third-order valence-electron chi connectivity index (χ3n) is 7.34. The molecule has 2 aliphatic heterocycles. The average molecular weight is 597 g/mol. The van der Waals surface area contributed by atoms with Gasteiger partial charge in [0.1, 0.15) is 71.3 Å². The molecule has 0 bridgehead atoms. The molecule has 0 spiro atoms. The SMILES string of the molecule is COc1cc(O[C@@H]2O[C@H](CO[C@@H]3O[C@H](CO)[C@@H](O)[C@H](O)[C@H]3O)[C@@H](O)[C@H](O)[C@H]2O)c2c(=O)c3cccc(OC)c3oc2c1. The van der Waals surface area contributed by atoms with Gasteiger partial charge < -0.3 is 68.6 Å². The lowest BCUT2D eigenvalue weighted by molar-refractivity contribution is -0.323. The third kappa shape index (κ3) is 5.40. The van der Waals surface area contributed by atoms with Crippen LogP contribution in [0.25, 0.3) is 21.9 Å². The zero-order valence-corrected chi connectivity index (χ0v) is 22.5. The van der Waals surface area contributed by atoms with Gasteiger partial charge in [-0.2, -0.15) is 0 Å². The number of para-hydroxylation sites is 1.